The van der Waals surface area contributed by atoms with Crippen LogP contribution in [0.3, 0.4) is 0 Å². The summed E-state index contributed by atoms with van der Waals surface area (Å²) in [6.07, 6.45) is 1.76. The third-order valence-electron chi connectivity index (χ3n) is 4.01. The van der Waals surface area contributed by atoms with Crippen molar-refractivity contribution in [2.75, 3.05) is 19.2 Å². The van der Waals surface area contributed by atoms with E-state index in [-0.39, 0.29) is 6.79 Å². The molecule has 4 rings (SSSR count). The molecule has 0 amide bonds. The van der Waals surface area contributed by atoms with Crippen LogP contribution in [0.25, 0.3) is 0 Å². The van der Waals surface area contributed by atoms with E-state index in [1.165, 1.54) is 0 Å². The van der Waals surface area contributed by atoms with Crippen LogP contribution in [0.15, 0.2) is 71.7 Å². The summed E-state index contributed by atoms with van der Waals surface area (Å²) in [6.45, 7) is 0.231. The van der Waals surface area contributed by atoms with E-state index in [1.54, 1.807) is 13.3 Å². The van der Waals surface area contributed by atoms with Gasteiger partial charge in [-0.2, -0.15) is 0 Å². The molecule has 130 valence electrons. The molecule has 0 atom stereocenters. The molecule has 0 bridgehead atoms. The molecule has 26 heavy (non-hydrogen) atoms. The highest BCUT2D eigenvalue weighted by molar-refractivity contribution is 5.87. The molecule has 5 nitrogen and oxygen atoms in total. The van der Waals surface area contributed by atoms with Crippen molar-refractivity contribution >= 4 is 23.3 Å². The Bertz CT molecular complexity index is 922. The highest BCUT2D eigenvalue weighted by Crippen LogP contribution is 2.37. The zero-order chi connectivity index (χ0) is 17.8. The smallest absolute Gasteiger partial charge is 0.231 e. The maximum Gasteiger partial charge on any atom is 0.231 e. The summed E-state index contributed by atoms with van der Waals surface area (Å²) in [5.41, 5.74) is 3.75. The number of ether oxygens (including phenoxy) is 3. The maximum atomic E-state index is 5.42. The van der Waals surface area contributed by atoms with Crippen LogP contribution in [-0.2, 0) is 0 Å². The largest absolute Gasteiger partial charge is 0.496 e. The first-order valence-electron chi connectivity index (χ1n) is 8.26. The molecular formula is C21H18N2O3. The van der Waals surface area contributed by atoms with E-state index in [0.29, 0.717) is 17.2 Å². The van der Waals surface area contributed by atoms with Gasteiger partial charge in [-0.15, -0.1) is 0 Å². The van der Waals surface area contributed by atoms with Crippen molar-refractivity contribution in [2.24, 2.45) is 4.99 Å². The van der Waals surface area contributed by atoms with Gasteiger partial charge >= 0.3 is 0 Å². The molecule has 1 aliphatic heterocycles. The van der Waals surface area contributed by atoms with Gasteiger partial charge in [-0.3, -0.25) is 4.99 Å². The second-order valence-electron chi connectivity index (χ2n) is 5.74. The fourth-order valence-corrected chi connectivity index (χ4v) is 2.68. The van der Waals surface area contributed by atoms with Gasteiger partial charge in [0, 0.05) is 29.2 Å². The van der Waals surface area contributed by atoms with Crippen molar-refractivity contribution in [1.29, 1.82) is 0 Å². The Morgan fingerprint density at radius 2 is 1.62 bits per heavy atom. The van der Waals surface area contributed by atoms with E-state index in [2.05, 4.69) is 10.3 Å². The minimum atomic E-state index is 0.231. The van der Waals surface area contributed by atoms with Crippen LogP contribution in [0.5, 0.6) is 17.2 Å². The number of nitrogens with one attached hydrogen (secondary N) is 1. The van der Waals surface area contributed by atoms with Gasteiger partial charge < -0.3 is 19.5 Å². The molecule has 0 aliphatic carbocycles. The molecule has 0 radical (unpaired) electrons. The second kappa shape index (κ2) is 7.19. The summed E-state index contributed by atoms with van der Waals surface area (Å²) in [5.74, 6) is 2.09. The molecule has 3 aromatic rings. The molecule has 1 N–H and O–H groups in total. The first-order valence-corrected chi connectivity index (χ1v) is 8.26. The fraction of sp³-hybridized carbons (Fsp3) is 0.0952. The number of anilines is 2. The Morgan fingerprint density at radius 1 is 0.923 bits per heavy atom. The van der Waals surface area contributed by atoms with E-state index in [0.717, 1.165) is 22.6 Å². The first kappa shape index (κ1) is 16.0. The van der Waals surface area contributed by atoms with E-state index >= 15 is 0 Å². The zero-order valence-electron chi connectivity index (χ0n) is 14.3. The van der Waals surface area contributed by atoms with Gasteiger partial charge in [0.15, 0.2) is 11.5 Å². The minimum absolute atomic E-state index is 0.231. The number of rotatable bonds is 5. The maximum absolute atomic E-state index is 5.42. The lowest BCUT2D eigenvalue weighted by Gasteiger charge is -2.07. The Hall–Kier alpha value is -3.47. The second-order valence-corrected chi connectivity index (χ2v) is 5.74. The molecule has 0 fully saturated rings. The molecule has 0 unspecified atom stereocenters. The number of para-hydroxylation sites is 1. The van der Waals surface area contributed by atoms with Crippen LogP contribution in [0.4, 0.5) is 17.1 Å². The lowest BCUT2D eigenvalue weighted by atomic mass is 10.2. The number of fused-ring (bicyclic) bond motifs is 1. The van der Waals surface area contributed by atoms with E-state index in [4.69, 9.17) is 14.2 Å². The third-order valence-corrected chi connectivity index (χ3v) is 4.01. The highest BCUT2D eigenvalue weighted by Gasteiger charge is 2.16. The van der Waals surface area contributed by atoms with Gasteiger partial charge in [-0.25, -0.2) is 0 Å². The van der Waals surface area contributed by atoms with Crippen LogP contribution in [-0.4, -0.2) is 20.1 Å². The molecule has 0 saturated heterocycles. The van der Waals surface area contributed by atoms with Crippen molar-refractivity contribution in [2.45, 2.75) is 0 Å². The average molecular weight is 346 g/mol. The molecule has 3 aromatic carbocycles. The summed E-state index contributed by atoms with van der Waals surface area (Å²) in [4.78, 5) is 4.53. The Kier molecular flexibility index (Phi) is 4.43. The van der Waals surface area contributed by atoms with Gasteiger partial charge in [0.05, 0.1) is 12.8 Å². The normalized spacial score (nSPS) is 12.3. The molecule has 1 aliphatic rings. The van der Waals surface area contributed by atoms with E-state index in [9.17, 15) is 0 Å². The number of nitrogens with zero attached hydrogens (tertiary/aromatic N) is 1. The van der Waals surface area contributed by atoms with Crippen LogP contribution in [0.1, 0.15) is 5.56 Å². The summed E-state index contributed by atoms with van der Waals surface area (Å²) >= 11 is 0. The predicted octanol–water partition coefficient (Wildman–Crippen LogP) is 4.92. The van der Waals surface area contributed by atoms with Gasteiger partial charge in [-0.1, -0.05) is 18.2 Å². The van der Waals surface area contributed by atoms with Crippen LogP contribution in [0, 0.1) is 0 Å². The fourth-order valence-electron chi connectivity index (χ4n) is 2.68. The van der Waals surface area contributed by atoms with Crippen LogP contribution in [0.2, 0.25) is 0 Å². The molecule has 0 spiro atoms. The molecule has 0 saturated carbocycles. The molecule has 0 aromatic heterocycles. The van der Waals surface area contributed by atoms with Crippen molar-refractivity contribution < 1.29 is 14.2 Å². The Balaban J connectivity index is 1.50. The molecule has 5 heteroatoms. The van der Waals surface area contributed by atoms with E-state index in [1.807, 2.05) is 66.7 Å². The lowest BCUT2D eigenvalue weighted by molar-refractivity contribution is 0.174. The van der Waals surface area contributed by atoms with Crippen molar-refractivity contribution in [1.82, 2.24) is 0 Å². The molecule has 1 heterocycles. The van der Waals surface area contributed by atoms with Gasteiger partial charge in [-0.05, 0) is 42.5 Å². The number of methoxy groups -OCH3 is 1. The van der Waals surface area contributed by atoms with E-state index < -0.39 is 0 Å². The van der Waals surface area contributed by atoms with Crippen LogP contribution < -0.4 is 19.5 Å². The monoisotopic (exact) mass is 346 g/mol. The summed E-state index contributed by atoms with van der Waals surface area (Å²) < 4.78 is 16.2. The summed E-state index contributed by atoms with van der Waals surface area (Å²) in [6, 6.07) is 21.6. The third kappa shape index (κ3) is 3.47. The average Bonchev–Trinajstić information content (AvgIpc) is 3.15. The van der Waals surface area contributed by atoms with Gasteiger partial charge in [0.2, 0.25) is 6.79 Å². The van der Waals surface area contributed by atoms with Crippen molar-refractivity contribution in [3.63, 3.8) is 0 Å². The summed E-state index contributed by atoms with van der Waals surface area (Å²) in [7, 11) is 1.62. The SMILES string of the molecule is COc1cc2c(cc1C=Nc1ccc(Nc3ccccc3)cc1)OCO2. The van der Waals surface area contributed by atoms with Crippen LogP contribution >= 0.6 is 0 Å². The zero-order valence-corrected chi connectivity index (χ0v) is 14.3. The topological polar surface area (TPSA) is 52.1 Å². The summed E-state index contributed by atoms with van der Waals surface area (Å²) in [5, 5.41) is 3.35. The highest BCUT2D eigenvalue weighted by atomic mass is 16.7. The lowest BCUT2D eigenvalue weighted by Crippen LogP contribution is -1.92. The van der Waals surface area contributed by atoms with Crippen molar-refractivity contribution in [3.8, 4) is 17.2 Å². The number of hydrogen-bond donors (Lipinski definition) is 1. The first-order chi connectivity index (χ1) is 12.8. The Labute approximate surface area is 151 Å². The quantitative estimate of drug-likeness (QED) is 0.666. The molecular weight excluding hydrogens is 328 g/mol. The van der Waals surface area contributed by atoms with Crippen molar-refractivity contribution in [3.05, 3.63) is 72.3 Å². The van der Waals surface area contributed by atoms with Gasteiger partial charge in [0.1, 0.15) is 5.75 Å². The minimum Gasteiger partial charge on any atom is -0.496 e. The number of aliphatic imine (C=N–C) groups is 1. The standard InChI is InChI=1S/C21H18N2O3/c1-24-19-12-21-20(25-14-26-21)11-15(19)13-22-16-7-9-18(10-8-16)23-17-5-3-2-4-6-17/h2-13,23H,14H2,1H3. The number of benzene rings is 3. The van der Waals surface area contributed by atoms with Gasteiger partial charge in [0.25, 0.3) is 0 Å². The Morgan fingerprint density at radius 3 is 2.35 bits per heavy atom. The predicted molar refractivity (Wildman–Crippen MR) is 103 cm³/mol. The number of hydrogen-bond acceptors (Lipinski definition) is 5.